The van der Waals surface area contributed by atoms with Gasteiger partial charge in [0.2, 0.25) is 0 Å². The second-order valence-corrected chi connectivity index (χ2v) is 9.25. The van der Waals surface area contributed by atoms with Crippen LogP contribution in [0.3, 0.4) is 0 Å². The predicted octanol–water partition coefficient (Wildman–Crippen LogP) is 1.51. The number of rotatable bonds is 7. The van der Waals surface area contributed by atoms with Crippen molar-refractivity contribution in [3.05, 3.63) is 35.9 Å². The van der Waals surface area contributed by atoms with Gasteiger partial charge in [-0.05, 0) is 38.4 Å². The highest BCUT2D eigenvalue weighted by Crippen LogP contribution is 2.21. The van der Waals surface area contributed by atoms with Crippen LogP contribution < -0.4 is 4.72 Å². The zero-order valence-electron chi connectivity index (χ0n) is 15.8. The first kappa shape index (κ1) is 19.8. The Morgan fingerprint density at radius 2 is 1.77 bits per heavy atom. The second kappa shape index (κ2) is 9.28. The molecule has 7 heteroatoms. The van der Waals surface area contributed by atoms with Gasteiger partial charge in [-0.2, -0.15) is 12.7 Å². The van der Waals surface area contributed by atoms with Gasteiger partial charge in [-0.25, -0.2) is 4.72 Å². The molecule has 26 heavy (non-hydrogen) atoms. The molecule has 1 aromatic rings. The Morgan fingerprint density at radius 1 is 1.04 bits per heavy atom. The molecule has 2 aliphatic rings. The van der Waals surface area contributed by atoms with Gasteiger partial charge in [-0.15, -0.1) is 0 Å². The van der Waals surface area contributed by atoms with Gasteiger partial charge in [0.05, 0.1) is 0 Å². The van der Waals surface area contributed by atoms with E-state index in [9.17, 15) is 8.42 Å². The second-order valence-electron chi connectivity index (χ2n) is 7.50. The van der Waals surface area contributed by atoms with E-state index >= 15 is 0 Å². The Bertz CT molecular complexity index is 645. The molecule has 2 heterocycles. The molecule has 146 valence electrons. The standard InChI is InChI=1S/C19H32N4O2S/c1-21-13-15-23(16-14-21)26(24,25)20-11-10-19-9-5-6-12-22(19)17-18-7-3-2-4-8-18/h2-4,7-8,19-20H,5-6,9-17H2,1H3/t19-/m1/s1. The van der Waals surface area contributed by atoms with Gasteiger partial charge in [0.25, 0.3) is 10.2 Å². The summed E-state index contributed by atoms with van der Waals surface area (Å²) in [4.78, 5) is 4.68. The third-order valence-corrected chi connectivity index (χ3v) is 7.16. The van der Waals surface area contributed by atoms with Crippen molar-refractivity contribution in [1.29, 1.82) is 0 Å². The molecule has 2 aliphatic heterocycles. The van der Waals surface area contributed by atoms with Crippen LogP contribution in [0.15, 0.2) is 30.3 Å². The summed E-state index contributed by atoms with van der Waals surface area (Å²) in [5.74, 6) is 0. The zero-order chi connectivity index (χ0) is 18.4. The van der Waals surface area contributed by atoms with E-state index in [1.54, 1.807) is 4.31 Å². The van der Waals surface area contributed by atoms with E-state index in [0.717, 1.165) is 39.0 Å². The molecule has 0 amide bonds. The maximum atomic E-state index is 12.5. The molecule has 3 rings (SSSR count). The van der Waals surface area contributed by atoms with Gasteiger partial charge in [0, 0.05) is 45.3 Å². The van der Waals surface area contributed by atoms with Crippen LogP contribution in [0.25, 0.3) is 0 Å². The highest BCUT2D eigenvalue weighted by Gasteiger charge is 2.27. The van der Waals surface area contributed by atoms with Crippen LogP contribution in [-0.2, 0) is 16.8 Å². The van der Waals surface area contributed by atoms with Crippen LogP contribution in [0.5, 0.6) is 0 Å². The van der Waals surface area contributed by atoms with E-state index in [2.05, 4.69) is 38.8 Å². The van der Waals surface area contributed by atoms with E-state index in [1.165, 1.54) is 18.4 Å². The fourth-order valence-electron chi connectivity index (χ4n) is 3.89. The van der Waals surface area contributed by atoms with Gasteiger partial charge in [0.15, 0.2) is 0 Å². The highest BCUT2D eigenvalue weighted by molar-refractivity contribution is 7.87. The number of likely N-dealkylation sites (tertiary alicyclic amines) is 1. The van der Waals surface area contributed by atoms with Gasteiger partial charge in [0.1, 0.15) is 0 Å². The molecule has 0 saturated carbocycles. The topological polar surface area (TPSA) is 55.9 Å². The minimum absolute atomic E-state index is 0.458. The number of nitrogens with one attached hydrogen (secondary N) is 1. The third-order valence-electron chi connectivity index (χ3n) is 5.54. The van der Waals surface area contributed by atoms with Crippen molar-refractivity contribution >= 4 is 10.2 Å². The number of benzene rings is 1. The Morgan fingerprint density at radius 3 is 2.50 bits per heavy atom. The molecule has 2 saturated heterocycles. The zero-order valence-corrected chi connectivity index (χ0v) is 16.6. The van der Waals surface area contributed by atoms with Crippen LogP contribution in [0.4, 0.5) is 0 Å². The average Bonchev–Trinajstić information content (AvgIpc) is 2.64. The fourth-order valence-corrected chi connectivity index (χ4v) is 5.09. The lowest BCUT2D eigenvalue weighted by molar-refractivity contribution is 0.133. The van der Waals surface area contributed by atoms with E-state index in [4.69, 9.17) is 0 Å². The molecule has 0 aliphatic carbocycles. The quantitative estimate of drug-likeness (QED) is 0.779. The fraction of sp³-hybridized carbons (Fsp3) is 0.684. The first-order valence-corrected chi connectivity index (χ1v) is 11.2. The molecule has 0 bridgehead atoms. The molecule has 2 fully saturated rings. The third kappa shape index (κ3) is 5.50. The molecule has 0 radical (unpaired) electrons. The minimum Gasteiger partial charge on any atom is -0.304 e. The molecule has 1 atom stereocenters. The van der Waals surface area contributed by atoms with Crippen molar-refractivity contribution in [2.75, 3.05) is 46.3 Å². The van der Waals surface area contributed by atoms with Crippen LogP contribution >= 0.6 is 0 Å². The van der Waals surface area contributed by atoms with Gasteiger partial charge in [-0.1, -0.05) is 36.8 Å². The van der Waals surface area contributed by atoms with Crippen molar-refractivity contribution in [2.24, 2.45) is 0 Å². The van der Waals surface area contributed by atoms with Gasteiger partial charge < -0.3 is 4.90 Å². The minimum atomic E-state index is -3.35. The van der Waals surface area contributed by atoms with E-state index in [-0.39, 0.29) is 0 Å². The van der Waals surface area contributed by atoms with E-state index in [0.29, 0.717) is 25.7 Å². The first-order chi connectivity index (χ1) is 12.5. The summed E-state index contributed by atoms with van der Waals surface area (Å²) in [7, 11) is -1.32. The predicted molar refractivity (Wildman–Crippen MR) is 105 cm³/mol. The normalized spacial score (nSPS) is 24.0. The number of piperazine rings is 1. The molecule has 6 nitrogen and oxygen atoms in total. The van der Waals surface area contributed by atoms with Crippen molar-refractivity contribution in [2.45, 2.75) is 38.3 Å². The molecule has 0 unspecified atom stereocenters. The summed E-state index contributed by atoms with van der Waals surface area (Å²) in [6.07, 6.45) is 4.50. The van der Waals surface area contributed by atoms with Crippen LogP contribution in [0, 0.1) is 0 Å². The number of likely N-dealkylation sites (N-methyl/N-ethyl adjacent to an activating group) is 1. The highest BCUT2D eigenvalue weighted by atomic mass is 32.2. The average molecular weight is 381 g/mol. The van der Waals surface area contributed by atoms with Crippen LogP contribution in [-0.4, -0.2) is 74.9 Å². The lowest BCUT2D eigenvalue weighted by Gasteiger charge is -2.36. The Balaban J connectivity index is 1.49. The summed E-state index contributed by atoms with van der Waals surface area (Å²) in [5, 5.41) is 0. The van der Waals surface area contributed by atoms with Gasteiger partial charge >= 0.3 is 0 Å². The smallest absolute Gasteiger partial charge is 0.279 e. The summed E-state index contributed by atoms with van der Waals surface area (Å²) < 4.78 is 29.4. The molecule has 1 N–H and O–H groups in total. The Labute approximate surface area is 158 Å². The van der Waals surface area contributed by atoms with Crippen molar-refractivity contribution < 1.29 is 8.42 Å². The largest absolute Gasteiger partial charge is 0.304 e. The molecule has 0 spiro atoms. The van der Waals surface area contributed by atoms with Crippen molar-refractivity contribution in [3.63, 3.8) is 0 Å². The Kier molecular flexibility index (Phi) is 7.05. The van der Waals surface area contributed by atoms with Crippen molar-refractivity contribution in [3.8, 4) is 0 Å². The maximum Gasteiger partial charge on any atom is 0.279 e. The first-order valence-electron chi connectivity index (χ1n) is 9.76. The van der Waals surface area contributed by atoms with E-state index < -0.39 is 10.2 Å². The lowest BCUT2D eigenvalue weighted by Crippen LogP contribution is -2.51. The van der Waals surface area contributed by atoms with Crippen LogP contribution in [0.2, 0.25) is 0 Å². The maximum absolute atomic E-state index is 12.5. The molecular formula is C19H32N4O2S. The summed E-state index contributed by atoms with van der Waals surface area (Å²) >= 11 is 0. The Hall–Kier alpha value is -0.990. The number of hydrogen-bond acceptors (Lipinski definition) is 4. The number of hydrogen-bond donors (Lipinski definition) is 1. The summed E-state index contributed by atoms with van der Waals surface area (Å²) in [6.45, 7) is 5.33. The van der Waals surface area contributed by atoms with Crippen LogP contribution in [0.1, 0.15) is 31.2 Å². The summed E-state index contributed by atoms with van der Waals surface area (Å²) in [5.41, 5.74) is 1.33. The SMILES string of the molecule is CN1CCN(S(=O)(=O)NCC[C@H]2CCCCN2Cc2ccccc2)CC1. The van der Waals surface area contributed by atoms with Gasteiger partial charge in [-0.3, -0.25) is 4.90 Å². The number of nitrogens with zero attached hydrogens (tertiary/aromatic N) is 3. The monoisotopic (exact) mass is 380 g/mol. The number of piperidine rings is 1. The molecule has 1 aromatic carbocycles. The lowest BCUT2D eigenvalue weighted by atomic mass is 9.98. The summed E-state index contributed by atoms with van der Waals surface area (Å²) in [6, 6.07) is 11.0. The molecule has 0 aromatic heterocycles. The molecular weight excluding hydrogens is 348 g/mol. The van der Waals surface area contributed by atoms with E-state index in [1.807, 2.05) is 13.1 Å². The van der Waals surface area contributed by atoms with Crippen molar-refractivity contribution in [1.82, 2.24) is 18.8 Å².